The predicted molar refractivity (Wildman–Crippen MR) is 54.3 cm³/mol. The molecule has 0 saturated heterocycles. The summed E-state index contributed by atoms with van der Waals surface area (Å²) in [6, 6.07) is 0. The maximum atomic E-state index is 11.3. The molecular formula is C8H17BN2O2. The Morgan fingerprint density at radius 1 is 1.46 bits per heavy atom. The highest BCUT2D eigenvalue weighted by atomic mass is 16.2. The lowest BCUT2D eigenvalue weighted by molar-refractivity contribution is -0.134. The lowest BCUT2D eigenvalue weighted by atomic mass is 10.0. The molecule has 0 aromatic heterocycles. The molecule has 0 aliphatic carbocycles. The van der Waals surface area contributed by atoms with Gasteiger partial charge in [-0.2, -0.15) is 0 Å². The number of likely N-dealkylation sites (N-methyl/N-ethyl adjacent to an activating group) is 1. The van der Waals surface area contributed by atoms with Gasteiger partial charge in [-0.3, -0.25) is 9.59 Å². The van der Waals surface area contributed by atoms with Crippen molar-refractivity contribution in [3.8, 4) is 0 Å². The predicted octanol–water partition coefficient (Wildman–Crippen LogP) is -0.978. The number of nitrogens with one attached hydrogen (secondary N) is 1. The number of carbonyl (C=O) groups is 2. The van der Waals surface area contributed by atoms with Gasteiger partial charge in [-0.1, -0.05) is 6.92 Å². The zero-order valence-electron chi connectivity index (χ0n) is 8.59. The highest BCUT2D eigenvalue weighted by Crippen LogP contribution is 1.94. The number of hydrogen-bond donors (Lipinski definition) is 1. The van der Waals surface area contributed by atoms with Gasteiger partial charge in [0, 0.05) is 13.6 Å². The Kier molecular flexibility index (Phi) is 6.01. The van der Waals surface area contributed by atoms with Crippen LogP contribution < -0.4 is 5.32 Å². The minimum absolute atomic E-state index is 0.0328. The van der Waals surface area contributed by atoms with E-state index in [1.54, 1.807) is 19.8 Å². The van der Waals surface area contributed by atoms with Gasteiger partial charge in [-0.05, 0) is 12.7 Å². The van der Waals surface area contributed by atoms with Gasteiger partial charge in [0.15, 0.2) is 0 Å². The van der Waals surface area contributed by atoms with Gasteiger partial charge in [-0.15, -0.1) is 0 Å². The number of carbonyl (C=O) groups excluding carboxylic acids is 2. The van der Waals surface area contributed by atoms with Gasteiger partial charge < -0.3 is 10.2 Å². The standard InChI is InChI=1S/C8H17BN2O2/c1-3-4-11(8(13)5-9)6-7(12)10-2/h3-6,9H2,1-2H3,(H,10,12). The van der Waals surface area contributed by atoms with E-state index in [9.17, 15) is 9.59 Å². The first-order chi connectivity index (χ1) is 6.15. The molecule has 0 saturated carbocycles. The molecule has 13 heavy (non-hydrogen) atoms. The second-order valence-electron chi connectivity index (χ2n) is 2.84. The van der Waals surface area contributed by atoms with Crippen molar-refractivity contribution in [2.75, 3.05) is 20.1 Å². The molecule has 0 aliphatic rings. The molecule has 1 N–H and O–H groups in total. The number of hydrogen-bond acceptors (Lipinski definition) is 2. The lowest BCUT2D eigenvalue weighted by Gasteiger charge is -2.20. The molecule has 0 atom stereocenters. The van der Waals surface area contributed by atoms with Crippen LogP contribution in [-0.4, -0.2) is 44.7 Å². The Morgan fingerprint density at radius 3 is 2.46 bits per heavy atom. The summed E-state index contributed by atoms with van der Waals surface area (Å²) in [5.74, 6) is -0.0827. The minimum atomic E-state index is -0.116. The van der Waals surface area contributed by atoms with E-state index in [-0.39, 0.29) is 18.4 Å². The summed E-state index contributed by atoms with van der Waals surface area (Å²) in [6.45, 7) is 2.82. The maximum absolute atomic E-state index is 11.3. The highest BCUT2D eigenvalue weighted by molar-refractivity contribution is 6.19. The molecule has 74 valence electrons. The average Bonchev–Trinajstić information content (AvgIpc) is 2.15. The van der Waals surface area contributed by atoms with Crippen molar-refractivity contribution in [2.24, 2.45) is 0 Å². The van der Waals surface area contributed by atoms with Crippen molar-refractivity contribution < 1.29 is 9.59 Å². The second-order valence-corrected chi connectivity index (χ2v) is 2.84. The van der Waals surface area contributed by atoms with Crippen molar-refractivity contribution >= 4 is 19.7 Å². The molecule has 0 aromatic rings. The molecule has 0 aliphatic heterocycles. The van der Waals surface area contributed by atoms with Crippen molar-refractivity contribution in [1.82, 2.24) is 10.2 Å². The van der Waals surface area contributed by atoms with Gasteiger partial charge in [0.25, 0.3) is 0 Å². The summed E-state index contributed by atoms with van der Waals surface area (Å²) in [5.41, 5.74) is 0. The third kappa shape index (κ3) is 4.55. The van der Waals surface area contributed by atoms with Crippen LogP contribution in [0.5, 0.6) is 0 Å². The Balaban J connectivity index is 4.08. The van der Waals surface area contributed by atoms with Crippen LogP contribution in [-0.2, 0) is 9.59 Å². The largest absolute Gasteiger partial charge is 0.358 e. The van der Waals surface area contributed by atoms with Crippen LogP contribution in [0, 0.1) is 0 Å². The van der Waals surface area contributed by atoms with Crippen molar-refractivity contribution in [2.45, 2.75) is 19.7 Å². The summed E-state index contributed by atoms with van der Waals surface area (Å²) in [6.07, 6.45) is 1.33. The van der Waals surface area contributed by atoms with E-state index in [4.69, 9.17) is 0 Å². The number of rotatable bonds is 5. The lowest BCUT2D eigenvalue weighted by Crippen LogP contribution is -2.39. The van der Waals surface area contributed by atoms with Gasteiger partial charge in [0.1, 0.15) is 7.85 Å². The third-order valence-electron chi connectivity index (χ3n) is 1.76. The molecule has 0 radical (unpaired) electrons. The van der Waals surface area contributed by atoms with E-state index in [0.29, 0.717) is 12.9 Å². The Bertz CT molecular complexity index is 185. The topological polar surface area (TPSA) is 49.4 Å². The van der Waals surface area contributed by atoms with Crippen molar-refractivity contribution in [3.05, 3.63) is 0 Å². The molecule has 0 fully saturated rings. The SMILES string of the molecule is BCC(=O)N(CCC)CC(=O)NC. The minimum Gasteiger partial charge on any atom is -0.358 e. The van der Waals surface area contributed by atoms with Crippen LogP contribution in [0.2, 0.25) is 6.32 Å². The Hall–Kier alpha value is -0.995. The van der Waals surface area contributed by atoms with E-state index < -0.39 is 0 Å². The fourth-order valence-corrected chi connectivity index (χ4v) is 1.04. The van der Waals surface area contributed by atoms with Crippen molar-refractivity contribution in [1.29, 1.82) is 0 Å². The van der Waals surface area contributed by atoms with Gasteiger partial charge >= 0.3 is 0 Å². The first-order valence-corrected chi connectivity index (χ1v) is 4.64. The first kappa shape index (κ1) is 12.0. The second kappa shape index (κ2) is 6.51. The average molecular weight is 184 g/mol. The zero-order valence-corrected chi connectivity index (χ0v) is 8.59. The monoisotopic (exact) mass is 184 g/mol. The maximum Gasteiger partial charge on any atom is 0.239 e. The number of nitrogens with zero attached hydrogens (tertiary/aromatic N) is 1. The summed E-state index contributed by atoms with van der Waals surface area (Å²) in [4.78, 5) is 23.9. The Morgan fingerprint density at radius 2 is 2.08 bits per heavy atom. The zero-order chi connectivity index (χ0) is 10.3. The van der Waals surface area contributed by atoms with Gasteiger partial charge in [0.2, 0.25) is 11.8 Å². The molecule has 0 bridgehead atoms. The summed E-state index contributed by atoms with van der Waals surface area (Å²) in [7, 11) is 3.37. The molecule has 0 aromatic carbocycles. The molecule has 2 amide bonds. The molecule has 0 spiro atoms. The van der Waals surface area contributed by atoms with E-state index >= 15 is 0 Å². The van der Waals surface area contributed by atoms with Crippen LogP contribution >= 0.6 is 0 Å². The molecule has 4 nitrogen and oxygen atoms in total. The van der Waals surface area contributed by atoms with Gasteiger partial charge in [-0.25, -0.2) is 0 Å². The summed E-state index contributed by atoms with van der Waals surface area (Å²) >= 11 is 0. The van der Waals surface area contributed by atoms with Crippen LogP contribution in [0.1, 0.15) is 13.3 Å². The van der Waals surface area contributed by atoms with E-state index in [1.165, 1.54) is 0 Å². The molecule has 0 rings (SSSR count). The summed E-state index contributed by atoms with van der Waals surface area (Å²) < 4.78 is 0. The van der Waals surface area contributed by atoms with Crippen molar-refractivity contribution in [3.63, 3.8) is 0 Å². The van der Waals surface area contributed by atoms with Crippen LogP contribution in [0.25, 0.3) is 0 Å². The van der Waals surface area contributed by atoms with E-state index in [0.717, 1.165) is 6.42 Å². The molecule has 0 heterocycles. The molecular weight excluding hydrogens is 167 g/mol. The first-order valence-electron chi connectivity index (χ1n) is 4.64. The normalized spacial score (nSPS) is 9.38. The fourth-order valence-electron chi connectivity index (χ4n) is 1.04. The smallest absolute Gasteiger partial charge is 0.239 e. The summed E-state index contributed by atoms with van der Waals surface area (Å²) in [5, 5.41) is 2.50. The third-order valence-corrected chi connectivity index (χ3v) is 1.76. The molecule has 5 heteroatoms. The van der Waals surface area contributed by atoms with E-state index in [2.05, 4.69) is 5.32 Å². The highest BCUT2D eigenvalue weighted by Gasteiger charge is 2.12. The van der Waals surface area contributed by atoms with Crippen LogP contribution in [0.3, 0.4) is 0 Å². The molecule has 0 unspecified atom stereocenters. The Labute approximate surface area is 80.1 Å². The van der Waals surface area contributed by atoms with E-state index in [1.807, 2.05) is 6.92 Å². The fraction of sp³-hybridized carbons (Fsp3) is 0.750. The quantitative estimate of drug-likeness (QED) is 0.558. The van der Waals surface area contributed by atoms with Crippen LogP contribution in [0.15, 0.2) is 0 Å². The van der Waals surface area contributed by atoms with Crippen LogP contribution in [0.4, 0.5) is 0 Å². The number of amides is 2. The van der Waals surface area contributed by atoms with Gasteiger partial charge in [0.05, 0.1) is 6.54 Å².